The Hall–Kier alpha value is -0.650. The van der Waals surface area contributed by atoms with E-state index in [1.54, 1.807) is 0 Å². The quantitative estimate of drug-likeness (QED) is 0.781. The predicted molar refractivity (Wildman–Crippen MR) is 79.7 cm³/mol. The summed E-state index contributed by atoms with van der Waals surface area (Å²) in [4.78, 5) is 14.5. The Bertz CT molecular complexity index is 305. The van der Waals surface area contributed by atoms with Gasteiger partial charge in [-0.2, -0.15) is 0 Å². The number of hydrogen-bond acceptors (Lipinski definition) is 4. The van der Waals surface area contributed by atoms with E-state index in [-0.39, 0.29) is 11.9 Å². The molecule has 116 valence electrons. The maximum absolute atomic E-state index is 12.2. The lowest BCUT2D eigenvalue weighted by Crippen LogP contribution is -2.57. The van der Waals surface area contributed by atoms with Crippen LogP contribution in [0, 0.1) is 0 Å². The molecule has 2 aliphatic heterocycles. The van der Waals surface area contributed by atoms with E-state index in [2.05, 4.69) is 22.5 Å². The van der Waals surface area contributed by atoms with Crippen LogP contribution in [0.15, 0.2) is 0 Å². The second-order valence-corrected chi connectivity index (χ2v) is 5.95. The molecule has 2 saturated heterocycles. The number of ether oxygens (including phenoxy) is 1. The third-order valence-corrected chi connectivity index (χ3v) is 4.43. The van der Waals surface area contributed by atoms with Crippen LogP contribution in [-0.2, 0) is 9.53 Å². The minimum Gasteiger partial charge on any atom is -0.378 e. The van der Waals surface area contributed by atoms with Crippen molar-refractivity contribution in [3.63, 3.8) is 0 Å². The van der Waals surface area contributed by atoms with E-state index < -0.39 is 0 Å². The Morgan fingerprint density at radius 3 is 3.05 bits per heavy atom. The van der Waals surface area contributed by atoms with Crippen molar-refractivity contribution < 1.29 is 9.53 Å². The molecule has 0 saturated carbocycles. The standard InChI is InChI=1S/C15H29N3O2/c1-3-16-15(19)14-11-20-9-8-18(14)12(2)10-13-6-4-5-7-17-13/h12-14,17H,3-11H2,1-2H3,(H,16,19). The van der Waals surface area contributed by atoms with Gasteiger partial charge in [-0.05, 0) is 39.7 Å². The van der Waals surface area contributed by atoms with E-state index >= 15 is 0 Å². The van der Waals surface area contributed by atoms with E-state index in [0.29, 0.717) is 25.2 Å². The summed E-state index contributed by atoms with van der Waals surface area (Å²) in [5.74, 6) is 0.107. The minimum absolute atomic E-state index is 0.107. The SMILES string of the molecule is CCNC(=O)C1COCCN1C(C)CC1CCCCN1. The summed E-state index contributed by atoms with van der Waals surface area (Å²) < 4.78 is 5.50. The van der Waals surface area contributed by atoms with Gasteiger partial charge in [-0.25, -0.2) is 0 Å². The van der Waals surface area contributed by atoms with E-state index in [1.807, 2.05) is 6.92 Å². The second-order valence-electron chi connectivity index (χ2n) is 5.95. The summed E-state index contributed by atoms with van der Waals surface area (Å²) >= 11 is 0. The molecule has 0 aromatic rings. The molecule has 3 atom stereocenters. The fraction of sp³-hybridized carbons (Fsp3) is 0.933. The molecule has 5 nitrogen and oxygen atoms in total. The van der Waals surface area contributed by atoms with E-state index in [0.717, 1.165) is 26.1 Å². The summed E-state index contributed by atoms with van der Waals surface area (Å²) in [6.07, 6.45) is 5.01. The van der Waals surface area contributed by atoms with Gasteiger partial charge in [0, 0.05) is 25.2 Å². The summed E-state index contributed by atoms with van der Waals surface area (Å²) in [7, 11) is 0. The smallest absolute Gasteiger partial charge is 0.239 e. The van der Waals surface area contributed by atoms with Crippen LogP contribution < -0.4 is 10.6 Å². The first-order valence-electron chi connectivity index (χ1n) is 8.07. The van der Waals surface area contributed by atoms with Crippen LogP contribution >= 0.6 is 0 Å². The van der Waals surface area contributed by atoms with Gasteiger partial charge < -0.3 is 15.4 Å². The number of carbonyl (C=O) groups is 1. The molecule has 2 heterocycles. The lowest BCUT2D eigenvalue weighted by Gasteiger charge is -2.40. The largest absolute Gasteiger partial charge is 0.378 e. The van der Waals surface area contributed by atoms with E-state index in [1.165, 1.54) is 19.3 Å². The van der Waals surface area contributed by atoms with Gasteiger partial charge in [-0.15, -0.1) is 0 Å². The maximum atomic E-state index is 12.2. The monoisotopic (exact) mass is 283 g/mol. The third-order valence-electron chi connectivity index (χ3n) is 4.43. The Morgan fingerprint density at radius 1 is 1.50 bits per heavy atom. The molecule has 2 rings (SSSR count). The fourth-order valence-electron chi connectivity index (χ4n) is 3.33. The molecule has 2 fully saturated rings. The highest BCUT2D eigenvalue weighted by molar-refractivity contribution is 5.82. The number of nitrogens with zero attached hydrogens (tertiary/aromatic N) is 1. The zero-order valence-corrected chi connectivity index (χ0v) is 12.9. The Balaban J connectivity index is 1.90. The maximum Gasteiger partial charge on any atom is 0.239 e. The molecule has 1 amide bonds. The first-order chi connectivity index (χ1) is 9.72. The molecule has 3 unspecified atom stereocenters. The molecule has 0 spiro atoms. The zero-order chi connectivity index (χ0) is 14.4. The van der Waals surface area contributed by atoms with Crippen LogP contribution in [0.5, 0.6) is 0 Å². The average molecular weight is 283 g/mol. The Labute approximate surface area is 122 Å². The van der Waals surface area contributed by atoms with Crippen molar-refractivity contribution in [1.29, 1.82) is 0 Å². The van der Waals surface area contributed by atoms with Crippen LogP contribution in [0.4, 0.5) is 0 Å². The molecule has 20 heavy (non-hydrogen) atoms. The second kappa shape index (κ2) is 7.96. The number of piperidine rings is 1. The number of likely N-dealkylation sites (N-methyl/N-ethyl adjacent to an activating group) is 1. The third kappa shape index (κ3) is 4.17. The highest BCUT2D eigenvalue weighted by Gasteiger charge is 2.33. The first kappa shape index (κ1) is 15.7. The van der Waals surface area contributed by atoms with Crippen LogP contribution in [0.25, 0.3) is 0 Å². The normalized spacial score (nSPS) is 29.9. The zero-order valence-electron chi connectivity index (χ0n) is 12.9. The molecule has 0 aliphatic carbocycles. The van der Waals surface area contributed by atoms with Gasteiger partial charge in [-0.3, -0.25) is 9.69 Å². The molecule has 0 bridgehead atoms. The van der Waals surface area contributed by atoms with Gasteiger partial charge in [0.25, 0.3) is 0 Å². The van der Waals surface area contributed by atoms with Gasteiger partial charge in [-0.1, -0.05) is 6.42 Å². The van der Waals surface area contributed by atoms with Crippen molar-refractivity contribution in [3.05, 3.63) is 0 Å². The first-order valence-corrected chi connectivity index (χ1v) is 8.07. The summed E-state index contributed by atoms with van der Waals surface area (Å²) in [5, 5.41) is 6.53. The van der Waals surface area contributed by atoms with Crippen LogP contribution in [0.2, 0.25) is 0 Å². The van der Waals surface area contributed by atoms with Crippen LogP contribution in [-0.4, -0.2) is 61.8 Å². The summed E-state index contributed by atoms with van der Waals surface area (Å²) in [5.41, 5.74) is 0. The predicted octanol–water partition coefficient (Wildman–Crippen LogP) is 0.744. The molecule has 0 aromatic carbocycles. The fourth-order valence-corrected chi connectivity index (χ4v) is 3.33. The van der Waals surface area contributed by atoms with Gasteiger partial charge in [0.15, 0.2) is 0 Å². The number of morpholine rings is 1. The molecular weight excluding hydrogens is 254 g/mol. The Kier molecular flexibility index (Phi) is 6.26. The van der Waals surface area contributed by atoms with Gasteiger partial charge in [0.2, 0.25) is 5.91 Å². The van der Waals surface area contributed by atoms with Crippen LogP contribution in [0.3, 0.4) is 0 Å². The number of hydrogen-bond donors (Lipinski definition) is 2. The van der Waals surface area contributed by atoms with Crippen molar-refractivity contribution >= 4 is 5.91 Å². The molecular formula is C15H29N3O2. The average Bonchev–Trinajstić information content (AvgIpc) is 2.48. The highest BCUT2D eigenvalue weighted by atomic mass is 16.5. The van der Waals surface area contributed by atoms with Crippen molar-refractivity contribution in [2.24, 2.45) is 0 Å². The van der Waals surface area contributed by atoms with Gasteiger partial charge in [0.1, 0.15) is 6.04 Å². The number of amides is 1. The van der Waals surface area contributed by atoms with Crippen LogP contribution in [0.1, 0.15) is 39.5 Å². The summed E-state index contributed by atoms with van der Waals surface area (Å²) in [6.45, 7) is 8.14. The number of rotatable bonds is 5. The van der Waals surface area contributed by atoms with Gasteiger partial charge in [0.05, 0.1) is 13.2 Å². The summed E-state index contributed by atoms with van der Waals surface area (Å²) in [6, 6.07) is 0.904. The van der Waals surface area contributed by atoms with Gasteiger partial charge >= 0.3 is 0 Å². The van der Waals surface area contributed by atoms with E-state index in [9.17, 15) is 4.79 Å². The van der Waals surface area contributed by atoms with Crippen molar-refractivity contribution in [2.75, 3.05) is 32.8 Å². The number of nitrogens with one attached hydrogen (secondary N) is 2. The lowest BCUT2D eigenvalue weighted by atomic mass is 9.97. The Morgan fingerprint density at radius 2 is 2.35 bits per heavy atom. The molecule has 2 N–H and O–H groups in total. The molecule has 2 aliphatic rings. The van der Waals surface area contributed by atoms with Crippen molar-refractivity contribution in [1.82, 2.24) is 15.5 Å². The lowest BCUT2D eigenvalue weighted by molar-refractivity contribution is -0.134. The van der Waals surface area contributed by atoms with Crippen molar-refractivity contribution in [2.45, 2.75) is 57.7 Å². The molecule has 5 heteroatoms. The van der Waals surface area contributed by atoms with E-state index in [4.69, 9.17) is 4.74 Å². The minimum atomic E-state index is -0.123. The highest BCUT2D eigenvalue weighted by Crippen LogP contribution is 2.19. The van der Waals surface area contributed by atoms with Crippen molar-refractivity contribution in [3.8, 4) is 0 Å². The molecule has 0 aromatic heterocycles. The molecule has 0 radical (unpaired) electrons. The number of carbonyl (C=O) groups excluding carboxylic acids is 1. The topological polar surface area (TPSA) is 53.6 Å².